The highest BCUT2D eigenvalue weighted by atomic mass is 16.2. The SMILES string of the molecule is C=CO.CC1CNCC(C)C1. The van der Waals surface area contributed by atoms with E-state index in [-0.39, 0.29) is 0 Å². The van der Waals surface area contributed by atoms with Crippen molar-refractivity contribution in [1.82, 2.24) is 5.32 Å². The second-order valence-corrected chi connectivity index (χ2v) is 3.29. The number of piperidine rings is 1. The molecule has 0 bridgehead atoms. The summed E-state index contributed by atoms with van der Waals surface area (Å²) in [6, 6.07) is 0. The van der Waals surface area contributed by atoms with Gasteiger partial charge in [0.15, 0.2) is 0 Å². The Kier molecular flexibility index (Phi) is 5.94. The van der Waals surface area contributed by atoms with Crippen LogP contribution in [0.5, 0.6) is 0 Å². The van der Waals surface area contributed by atoms with Crippen LogP contribution < -0.4 is 5.32 Å². The normalized spacial score (nSPS) is 30.0. The largest absolute Gasteiger partial charge is 0.516 e. The van der Waals surface area contributed by atoms with Gasteiger partial charge >= 0.3 is 0 Å². The first-order valence-corrected chi connectivity index (χ1v) is 4.16. The maximum absolute atomic E-state index is 7.33. The van der Waals surface area contributed by atoms with Crippen LogP contribution in [0.2, 0.25) is 0 Å². The summed E-state index contributed by atoms with van der Waals surface area (Å²) < 4.78 is 0. The van der Waals surface area contributed by atoms with Crippen LogP contribution in [0.4, 0.5) is 0 Å². The Labute approximate surface area is 69.3 Å². The molecule has 0 aromatic heterocycles. The van der Waals surface area contributed by atoms with Gasteiger partial charge in [0.05, 0.1) is 6.26 Å². The summed E-state index contributed by atoms with van der Waals surface area (Å²) >= 11 is 0. The predicted molar refractivity (Wildman–Crippen MR) is 48.6 cm³/mol. The second kappa shape index (κ2) is 6.23. The van der Waals surface area contributed by atoms with Gasteiger partial charge in [-0.2, -0.15) is 0 Å². The van der Waals surface area contributed by atoms with E-state index in [0.717, 1.165) is 18.1 Å². The van der Waals surface area contributed by atoms with Crippen molar-refractivity contribution in [3.8, 4) is 0 Å². The fourth-order valence-electron chi connectivity index (χ4n) is 1.43. The summed E-state index contributed by atoms with van der Waals surface area (Å²) in [5.74, 6) is 1.80. The summed E-state index contributed by atoms with van der Waals surface area (Å²) in [6.07, 6.45) is 2.16. The number of aliphatic hydroxyl groups is 1. The quantitative estimate of drug-likeness (QED) is 0.527. The molecule has 0 aliphatic carbocycles. The lowest BCUT2D eigenvalue weighted by molar-refractivity contribution is 0.321. The van der Waals surface area contributed by atoms with Crippen LogP contribution in [0.3, 0.4) is 0 Å². The number of nitrogens with one attached hydrogen (secondary N) is 1. The van der Waals surface area contributed by atoms with Gasteiger partial charge in [-0.25, -0.2) is 0 Å². The van der Waals surface area contributed by atoms with Gasteiger partial charge in [-0.1, -0.05) is 20.4 Å². The van der Waals surface area contributed by atoms with E-state index in [1.165, 1.54) is 19.5 Å². The molecular weight excluding hydrogens is 138 g/mol. The first-order valence-electron chi connectivity index (χ1n) is 4.16. The Morgan fingerprint density at radius 3 is 1.91 bits per heavy atom. The topological polar surface area (TPSA) is 32.3 Å². The molecule has 1 fully saturated rings. The molecule has 0 aromatic carbocycles. The zero-order valence-corrected chi connectivity index (χ0v) is 7.51. The van der Waals surface area contributed by atoms with Crippen molar-refractivity contribution in [1.29, 1.82) is 0 Å². The third-order valence-electron chi connectivity index (χ3n) is 1.79. The molecule has 0 spiro atoms. The number of rotatable bonds is 0. The van der Waals surface area contributed by atoms with Crippen LogP contribution in [-0.2, 0) is 0 Å². The predicted octanol–water partition coefficient (Wildman–Crippen LogP) is 1.94. The summed E-state index contributed by atoms with van der Waals surface area (Å²) in [5, 5.41) is 10.7. The lowest BCUT2D eigenvalue weighted by Crippen LogP contribution is -2.33. The summed E-state index contributed by atoms with van der Waals surface area (Å²) in [6.45, 7) is 9.99. The molecule has 1 heterocycles. The van der Waals surface area contributed by atoms with E-state index in [2.05, 4.69) is 25.7 Å². The molecule has 0 saturated carbocycles. The van der Waals surface area contributed by atoms with Crippen molar-refractivity contribution in [3.63, 3.8) is 0 Å². The molecule has 0 radical (unpaired) electrons. The lowest BCUT2D eigenvalue weighted by atomic mass is 9.94. The first-order chi connectivity index (χ1) is 5.20. The van der Waals surface area contributed by atoms with Gasteiger partial charge in [0.1, 0.15) is 0 Å². The third kappa shape index (κ3) is 5.92. The fourth-order valence-corrected chi connectivity index (χ4v) is 1.43. The average Bonchev–Trinajstić information content (AvgIpc) is 1.88. The van der Waals surface area contributed by atoms with Crippen LogP contribution in [0.1, 0.15) is 20.3 Å². The fraction of sp³-hybridized carbons (Fsp3) is 0.778. The maximum atomic E-state index is 7.33. The molecule has 0 amide bonds. The van der Waals surface area contributed by atoms with Crippen molar-refractivity contribution in [2.75, 3.05) is 13.1 Å². The third-order valence-corrected chi connectivity index (χ3v) is 1.79. The van der Waals surface area contributed by atoms with Crippen molar-refractivity contribution < 1.29 is 5.11 Å². The van der Waals surface area contributed by atoms with Crippen molar-refractivity contribution in [3.05, 3.63) is 12.8 Å². The molecule has 2 nitrogen and oxygen atoms in total. The zero-order chi connectivity index (χ0) is 8.69. The van der Waals surface area contributed by atoms with Crippen LogP contribution in [0.25, 0.3) is 0 Å². The minimum absolute atomic E-state index is 0.750. The highest BCUT2D eigenvalue weighted by Crippen LogP contribution is 2.13. The van der Waals surface area contributed by atoms with Gasteiger partial charge in [-0.3, -0.25) is 0 Å². The molecule has 0 aromatic rings. The van der Waals surface area contributed by atoms with Crippen LogP contribution >= 0.6 is 0 Å². The minimum Gasteiger partial charge on any atom is -0.516 e. The average molecular weight is 157 g/mol. The second-order valence-electron chi connectivity index (χ2n) is 3.29. The molecule has 2 atom stereocenters. The molecule has 1 saturated heterocycles. The molecule has 11 heavy (non-hydrogen) atoms. The van der Waals surface area contributed by atoms with E-state index in [1.807, 2.05) is 0 Å². The van der Waals surface area contributed by atoms with Gasteiger partial charge in [0, 0.05) is 0 Å². The molecule has 2 unspecified atom stereocenters. The Morgan fingerprint density at radius 2 is 1.73 bits per heavy atom. The van der Waals surface area contributed by atoms with Gasteiger partial charge in [0.25, 0.3) is 0 Å². The molecule has 1 aliphatic heterocycles. The van der Waals surface area contributed by atoms with E-state index in [4.69, 9.17) is 5.11 Å². The Morgan fingerprint density at radius 1 is 1.36 bits per heavy atom. The van der Waals surface area contributed by atoms with E-state index in [1.54, 1.807) is 0 Å². The summed E-state index contributed by atoms with van der Waals surface area (Å²) in [5.41, 5.74) is 0. The maximum Gasteiger partial charge on any atom is 0.0719 e. The monoisotopic (exact) mass is 157 g/mol. The van der Waals surface area contributed by atoms with E-state index in [0.29, 0.717) is 0 Å². The highest BCUT2D eigenvalue weighted by Gasteiger charge is 2.12. The van der Waals surface area contributed by atoms with Gasteiger partial charge in [0.2, 0.25) is 0 Å². The zero-order valence-electron chi connectivity index (χ0n) is 7.51. The van der Waals surface area contributed by atoms with Gasteiger partial charge in [-0.05, 0) is 31.3 Å². The van der Waals surface area contributed by atoms with Crippen LogP contribution in [0.15, 0.2) is 12.8 Å². The number of aliphatic hydroxyl groups excluding tert-OH is 1. The summed E-state index contributed by atoms with van der Waals surface area (Å²) in [7, 11) is 0. The first kappa shape index (κ1) is 10.5. The lowest BCUT2D eigenvalue weighted by Gasteiger charge is -2.24. The van der Waals surface area contributed by atoms with Gasteiger partial charge in [-0.15, -0.1) is 0 Å². The molecular formula is C9H19NO. The smallest absolute Gasteiger partial charge is 0.0719 e. The van der Waals surface area contributed by atoms with Crippen molar-refractivity contribution >= 4 is 0 Å². The highest BCUT2D eigenvalue weighted by molar-refractivity contribution is 4.69. The number of hydrogen-bond donors (Lipinski definition) is 2. The molecule has 66 valence electrons. The standard InChI is InChI=1S/C7H15N.C2H4O/c1-6-3-7(2)5-8-4-6;1-2-3/h6-8H,3-5H2,1-2H3;2-3H,1H2. The van der Waals surface area contributed by atoms with E-state index in [9.17, 15) is 0 Å². The van der Waals surface area contributed by atoms with Crippen molar-refractivity contribution in [2.24, 2.45) is 11.8 Å². The van der Waals surface area contributed by atoms with Crippen molar-refractivity contribution in [2.45, 2.75) is 20.3 Å². The Balaban J connectivity index is 0.000000292. The van der Waals surface area contributed by atoms with Crippen LogP contribution in [0, 0.1) is 11.8 Å². The Hall–Kier alpha value is -0.500. The molecule has 2 N–H and O–H groups in total. The molecule has 2 heteroatoms. The Bertz CT molecular complexity index is 95.7. The number of hydrogen-bond acceptors (Lipinski definition) is 2. The van der Waals surface area contributed by atoms with E-state index >= 15 is 0 Å². The summed E-state index contributed by atoms with van der Waals surface area (Å²) in [4.78, 5) is 0. The van der Waals surface area contributed by atoms with Crippen LogP contribution in [-0.4, -0.2) is 18.2 Å². The minimum atomic E-state index is 0.750. The molecule has 1 rings (SSSR count). The van der Waals surface area contributed by atoms with E-state index < -0.39 is 0 Å². The van der Waals surface area contributed by atoms with Gasteiger partial charge < -0.3 is 10.4 Å². The molecule has 1 aliphatic rings.